The van der Waals surface area contributed by atoms with Gasteiger partial charge in [-0.25, -0.2) is 0 Å². The van der Waals surface area contributed by atoms with Gasteiger partial charge in [0.2, 0.25) is 0 Å². The van der Waals surface area contributed by atoms with Crippen LogP contribution in [0.2, 0.25) is 0 Å². The molecule has 7 aromatic carbocycles. The van der Waals surface area contributed by atoms with E-state index >= 15 is 0 Å². The van der Waals surface area contributed by atoms with Crippen LogP contribution in [0.5, 0.6) is 0 Å². The molecule has 0 aromatic heterocycles. The van der Waals surface area contributed by atoms with Crippen molar-refractivity contribution in [2.75, 3.05) is 4.90 Å². The highest BCUT2D eigenvalue weighted by atomic mass is 15.1. The maximum Gasteiger partial charge on any atom is 0.0520 e. The predicted molar refractivity (Wildman–Crippen MR) is 420 cm³/mol. The Hall–Kier alpha value is -5.66. The van der Waals surface area contributed by atoms with Gasteiger partial charge < -0.3 is 4.90 Å². The van der Waals surface area contributed by atoms with E-state index in [1.54, 1.807) is 0 Å². The lowest BCUT2D eigenvalue weighted by Crippen LogP contribution is -2.14. The Bertz CT molecular complexity index is 2780. The summed E-state index contributed by atoms with van der Waals surface area (Å²) in [6, 6.07) is 51.7. The van der Waals surface area contributed by atoms with E-state index in [0.29, 0.717) is 0 Å². The van der Waals surface area contributed by atoms with Crippen LogP contribution in [0.4, 0.5) is 17.1 Å². The van der Waals surface area contributed by atoms with Crippen LogP contribution in [0, 0.1) is 20.8 Å². The van der Waals surface area contributed by atoms with Crippen molar-refractivity contribution in [1.82, 2.24) is 0 Å². The van der Waals surface area contributed by atoms with E-state index in [-0.39, 0.29) is 0 Å². The summed E-state index contributed by atoms with van der Waals surface area (Å²) < 4.78 is 0. The van der Waals surface area contributed by atoms with Gasteiger partial charge in [0.05, 0.1) is 5.69 Å². The highest BCUT2D eigenvalue weighted by molar-refractivity contribution is 5.90. The van der Waals surface area contributed by atoms with Crippen molar-refractivity contribution in [2.24, 2.45) is 0 Å². The molecule has 0 unspecified atom stereocenters. The first-order valence-corrected chi connectivity index (χ1v) is 39.7. The molecule has 0 spiro atoms. The molecule has 0 saturated heterocycles. The highest BCUT2D eigenvalue weighted by Gasteiger charge is 2.23. The highest BCUT2D eigenvalue weighted by Crippen LogP contribution is 2.46. The Morgan fingerprint density at radius 1 is 0.191 bits per heavy atom. The third kappa shape index (κ3) is 25.1. The third-order valence-corrected chi connectivity index (χ3v) is 20.3. The molecular formula is C93H133N. The smallest absolute Gasteiger partial charge is 0.0520 e. The molecule has 0 bridgehead atoms. The molecule has 0 amide bonds. The van der Waals surface area contributed by atoms with Gasteiger partial charge in [-0.05, 0) is 260 Å². The quantitative estimate of drug-likeness (QED) is 0.0344. The third-order valence-electron chi connectivity index (χ3n) is 20.3. The summed E-state index contributed by atoms with van der Waals surface area (Å²) in [6.07, 6.45) is 49.9. The van der Waals surface area contributed by atoms with Gasteiger partial charge in [-0.1, -0.05) is 300 Å². The van der Waals surface area contributed by atoms with Gasteiger partial charge >= 0.3 is 0 Å². The normalized spacial score (nSPS) is 11.6. The van der Waals surface area contributed by atoms with Crippen molar-refractivity contribution in [3.63, 3.8) is 0 Å². The number of aryl methyl sites for hydroxylation is 11. The number of hydrogen-bond donors (Lipinski definition) is 0. The molecule has 0 N–H and O–H groups in total. The van der Waals surface area contributed by atoms with E-state index in [9.17, 15) is 0 Å². The number of hydrogen-bond acceptors (Lipinski definition) is 1. The van der Waals surface area contributed by atoms with Crippen molar-refractivity contribution >= 4 is 17.1 Å². The van der Waals surface area contributed by atoms with Gasteiger partial charge in [-0.15, -0.1) is 0 Å². The molecule has 0 saturated carbocycles. The van der Waals surface area contributed by atoms with E-state index in [1.165, 1.54) is 328 Å². The van der Waals surface area contributed by atoms with E-state index in [1.807, 2.05) is 0 Å². The molecule has 7 rings (SSSR count). The first-order chi connectivity index (χ1) is 46.0. The Labute approximate surface area is 578 Å². The second kappa shape index (κ2) is 42.8. The number of benzene rings is 7. The van der Waals surface area contributed by atoms with Gasteiger partial charge in [0.25, 0.3) is 0 Å². The number of rotatable bonds is 47. The minimum absolute atomic E-state index is 1.13. The molecule has 0 radical (unpaired) electrons. The molecule has 0 aliphatic carbocycles. The fourth-order valence-corrected chi connectivity index (χ4v) is 15.0. The SMILES string of the molecule is CCCCCCc1cc(CCCCCC)cc(-c2cc(-c3cc(CCCCCC)cc(CCCCCC)c3)cc(N(c3cc(-c4cc(CCCCCC)cc(CCCCCC)c4)cc(-c4cc(CCCCCC)cc(CCCCCC)c4)c3)c3c(C)cc(C)cc3C)c2)c1. The van der Waals surface area contributed by atoms with Crippen LogP contribution < -0.4 is 4.90 Å². The second-order valence-corrected chi connectivity index (χ2v) is 29.3. The molecule has 1 nitrogen and oxygen atoms in total. The minimum atomic E-state index is 1.13. The van der Waals surface area contributed by atoms with Crippen LogP contribution >= 0.6 is 0 Å². The molecule has 94 heavy (non-hydrogen) atoms. The van der Waals surface area contributed by atoms with Crippen molar-refractivity contribution < 1.29 is 0 Å². The summed E-state index contributed by atoms with van der Waals surface area (Å²) in [6.45, 7) is 25.8. The van der Waals surface area contributed by atoms with E-state index < -0.39 is 0 Å². The summed E-state index contributed by atoms with van der Waals surface area (Å²) in [5.74, 6) is 0. The predicted octanol–water partition coefficient (Wildman–Crippen LogP) is 29.7. The minimum Gasteiger partial charge on any atom is -0.310 e. The zero-order chi connectivity index (χ0) is 66.7. The van der Waals surface area contributed by atoms with E-state index in [0.717, 1.165) is 51.4 Å². The summed E-state index contributed by atoms with van der Waals surface area (Å²) in [7, 11) is 0. The fraction of sp³-hybridized carbons (Fsp3) is 0.548. The maximum atomic E-state index is 2.74. The Morgan fingerprint density at radius 3 is 0.553 bits per heavy atom. The van der Waals surface area contributed by atoms with Crippen LogP contribution in [0.1, 0.15) is 322 Å². The Balaban J connectivity index is 1.59. The molecule has 0 heterocycles. The molecule has 0 atom stereocenters. The van der Waals surface area contributed by atoms with E-state index in [2.05, 4.69) is 202 Å². The van der Waals surface area contributed by atoms with Crippen molar-refractivity contribution in [2.45, 2.75) is 333 Å². The van der Waals surface area contributed by atoms with Crippen molar-refractivity contribution in [3.8, 4) is 44.5 Å². The van der Waals surface area contributed by atoms with Gasteiger partial charge in [-0.3, -0.25) is 0 Å². The summed E-state index contributed by atoms with van der Waals surface area (Å²) in [5.41, 5.74) is 30.5. The zero-order valence-corrected chi connectivity index (χ0v) is 62.3. The summed E-state index contributed by atoms with van der Waals surface area (Å²) in [4.78, 5) is 2.74. The Morgan fingerprint density at radius 2 is 0.372 bits per heavy atom. The molecule has 0 aliphatic heterocycles. The molecular weight excluding hydrogens is 1130 g/mol. The molecule has 510 valence electrons. The lowest BCUT2D eigenvalue weighted by molar-refractivity contribution is 0.661. The number of nitrogens with zero attached hydrogens (tertiary/aromatic N) is 1. The fourth-order valence-electron chi connectivity index (χ4n) is 15.0. The van der Waals surface area contributed by atoms with Crippen LogP contribution in [-0.4, -0.2) is 0 Å². The first kappa shape index (κ1) is 75.7. The Kier molecular flexibility index (Phi) is 34.5. The van der Waals surface area contributed by atoms with Crippen molar-refractivity contribution in [3.05, 3.63) is 183 Å². The standard InChI is InChI=1S/C93H133N/c1-12-20-28-36-44-75-54-76(45-37-29-21-13-2)59-83(58-75)87-66-88(84-60-77(46-38-30-22-14-3)55-78(61-84)47-39-31-23-15-4)69-91(68-87)94(93-73(10)52-72(9)53-74(93)11)92-70-89(85-62-79(48-40-32-24-16-5)56-80(63-85)49-41-33-25-17-6)67-90(71-92)86-64-81(50-42-34-26-18-7)57-82(65-86)51-43-35-27-19-8/h52-71H,12-51H2,1-11H3. The topological polar surface area (TPSA) is 3.24 Å². The monoisotopic (exact) mass is 1260 g/mol. The van der Waals surface area contributed by atoms with Gasteiger partial charge in [0.15, 0.2) is 0 Å². The van der Waals surface area contributed by atoms with E-state index in [4.69, 9.17) is 0 Å². The summed E-state index contributed by atoms with van der Waals surface area (Å²) in [5, 5.41) is 0. The van der Waals surface area contributed by atoms with Gasteiger partial charge in [-0.2, -0.15) is 0 Å². The van der Waals surface area contributed by atoms with Crippen molar-refractivity contribution in [1.29, 1.82) is 0 Å². The largest absolute Gasteiger partial charge is 0.310 e. The first-order valence-electron chi connectivity index (χ1n) is 39.7. The molecule has 0 aliphatic rings. The second-order valence-electron chi connectivity index (χ2n) is 29.3. The molecule has 0 fully saturated rings. The lowest BCUT2D eigenvalue weighted by atomic mass is 9.89. The van der Waals surface area contributed by atoms with Gasteiger partial charge in [0.1, 0.15) is 0 Å². The lowest BCUT2D eigenvalue weighted by Gasteiger charge is -2.31. The summed E-state index contributed by atoms with van der Waals surface area (Å²) >= 11 is 0. The number of unbranched alkanes of at least 4 members (excludes halogenated alkanes) is 24. The van der Waals surface area contributed by atoms with Crippen LogP contribution in [0.3, 0.4) is 0 Å². The van der Waals surface area contributed by atoms with Crippen LogP contribution in [0.25, 0.3) is 44.5 Å². The maximum absolute atomic E-state index is 2.74. The van der Waals surface area contributed by atoms with Crippen LogP contribution in [-0.2, 0) is 51.4 Å². The zero-order valence-electron chi connectivity index (χ0n) is 62.3. The van der Waals surface area contributed by atoms with Crippen LogP contribution in [0.15, 0.2) is 121 Å². The average molecular weight is 1270 g/mol. The molecule has 7 aromatic rings. The number of anilines is 3. The molecule has 1 heteroatoms. The average Bonchev–Trinajstić information content (AvgIpc) is 0.763. The van der Waals surface area contributed by atoms with Gasteiger partial charge in [0, 0.05) is 11.4 Å².